The first-order chi connectivity index (χ1) is 8.63. The molecule has 0 bridgehead atoms. The fourth-order valence-electron chi connectivity index (χ4n) is 2.27. The zero-order valence-corrected chi connectivity index (χ0v) is 12.6. The van der Waals surface area contributed by atoms with E-state index in [0.29, 0.717) is 6.04 Å². The summed E-state index contributed by atoms with van der Waals surface area (Å²) < 4.78 is 0. The van der Waals surface area contributed by atoms with Crippen LogP contribution in [0, 0.1) is 5.92 Å². The molecule has 0 heterocycles. The Morgan fingerprint density at radius 1 is 1.17 bits per heavy atom. The number of nitrogens with one attached hydrogen (secondary N) is 1. The third kappa shape index (κ3) is 5.88. The molecule has 0 spiro atoms. The van der Waals surface area contributed by atoms with Crippen LogP contribution in [0.15, 0.2) is 24.3 Å². The van der Waals surface area contributed by atoms with E-state index in [0.717, 1.165) is 23.9 Å². The highest BCUT2D eigenvalue weighted by Gasteiger charge is 2.10. The van der Waals surface area contributed by atoms with Gasteiger partial charge in [-0.15, -0.1) is 0 Å². The number of hydrogen-bond donors (Lipinski definition) is 1. The summed E-state index contributed by atoms with van der Waals surface area (Å²) in [4.78, 5) is 0. The van der Waals surface area contributed by atoms with Crippen molar-refractivity contribution in [1.29, 1.82) is 0 Å². The van der Waals surface area contributed by atoms with E-state index in [1.54, 1.807) is 0 Å². The molecule has 0 amide bonds. The molecule has 1 N–H and O–H groups in total. The molecule has 1 atom stereocenters. The second-order valence-corrected chi connectivity index (χ2v) is 5.78. The molecular formula is C16H26ClN. The molecule has 1 nitrogen and oxygen atoms in total. The van der Waals surface area contributed by atoms with Gasteiger partial charge >= 0.3 is 0 Å². The molecule has 0 saturated heterocycles. The van der Waals surface area contributed by atoms with Crippen molar-refractivity contribution in [3.63, 3.8) is 0 Å². The summed E-state index contributed by atoms with van der Waals surface area (Å²) in [5.74, 6) is 0.799. The van der Waals surface area contributed by atoms with Crippen LogP contribution >= 0.6 is 11.6 Å². The lowest BCUT2D eigenvalue weighted by Gasteiger charge is -2.19. The number of halogens is 1. The maximum absolute atomic E-state index is 6.23. The van der Waals surface area contributed by atoms with Crippen molar-refractivity contribution in [1.82, 2.24) is 5.32 Å². The van der Waals surface area contributed by atoms with E-state index in [2.05, 4.69) is 38.2 Å². The first kappa shape index (κ1) is 15.5. The molecule has 18 heavy (non-hydrogen) atoms. The van der Waals surface area contributed by atoms with E-state index >= 15 is 0 Å². The molecule has 0 aromatic heterocycles. The van der Waals surface area contributed by atoms with Gasteiger partial charge in [0.1, 0.15) is 0 Å². The Bertz CT molecular complexity index is 336. The minimum atomic E-state index is 0.550. The smallest absolute Gasteiger partial charge is 0.0438 e. The largest absolute Gasteiger partial charge is 0.314 e. The molecule has 1 rings (SSSR count). The van der Waals surface area contributed by atoms with Gasteiger partial charge < -0.3 is 5.32 Å². The zero-order chi connectivity index (χ0) is 13.4. The summed E-state index contributed by atoms with van der Waals surface area (Å²) in [6.07, 6.45) is 4.87. The molecule has 0 aliphatic rings. The lowest BCUT2D eigenvalue weighted by Crippen LogP contribution is -2.31. The summed E-state index contributed by atoms with van der Waals surface area (Å²) in [5.41, 5.74) is 1.26. The molecule has 0 radical (unpaired) electrons. The standard InChI is InChI=1S/C16H26ClN/c1-4-18-15(10-7-8-13(2)3)12-14-9-5-6-11-16(14)17/h5-6,9,11,13,15,18H,4,7-8,10,12H2,1-3H3. The maximum atomic E-state index is 6.23. The van der Waals surface area contributed by atoms with Gasteiger partial charge in [0.25, 0.3) is 0 Å². The van der Waals surface area contributed by atoms with Gasteiger partial charge in [-0.25, -0.2) is 0 Å². The van der Waals surface area contributed by atoms with Crippen LogP contribution in [-0.4, -0.2) is 12.6 Å². The summed E-state index contributed by atoms with van der Waals surface area (Å²) >= 11 is 6.23. The highest BCUT2D eigenvalue weighted by Crippen LogP contribution is 2.19. The third-order valence-corrected chi connectivity index (χ3v) is 3.62. The molecule has 1 unspecified atom stereocenters. The number of benzene rings is 1. The highest BCUT2D eigenvalue weighted by molar-refractivity contribution is 6.31. The van der Waals surface area contributed by atoms with Crippen molar-refractivity contribution in [2.24, 2.45) is 5.92 Å². The van der Waals surface area contributed by atoms with Crippen molar-refractivity contribution < 1.29 is 0 Å². The van der Waals surface area contributed by atoms with Gasteiger partial charge in [-0.05, 0) is 36.9 Å². The lowest BCUT2D eigenvalue weighted by atomic mass is 9.98. The van der Waals surface area contributed by atoms with Gasteiger partial charge in [0.05, 0.1) is 0 Å². The van der Waals surface area contributed by atoms with Gasteiger partial charge in [-0.1, -0.05) is 63.4 Å². The molecule has 0 aliphatic carbocycles. The SMILES string of the molecule is CCNC(CCCC(C)C)Cc1ccccc1Cl. The van der Waals surface area contributed by atoms with Crippen LogP contribution in [0.4, 0.5) is 0 Å². The lowest BCUT2D eigenvalue weighted by molar-refractivity contribution is 0.442. The predicted octanol–water partition coefficient (Wildman–Crippen LogP) is 4.69. The first-order valence-corrected chi connectivity index (χ1v) is 7.48. The van der Waals surface area contributed by atoms with E-state index in [1.165, 1.54) is 24.8 Å². The quantitative estimate of drug-likeness (QED) is 0.721. The minimum Gasteiger partial charge on any atom is -0.314 e. The molecular weight excluding hydrogens is 242 g/mol. The second-order valence-electron chi connectivity index (χ2n) is 5.37. The molecule has 102 valence electrons. The van der Waals surface area contributed by atoms with Gasteiger partial charge in [-0.2, -0.15) is 0 Å². The molecule has 0 saturated carbocycles. The van der Waals surface area contributed by atoms with E-state index in [9.17, 15) is 0 Å². The Balaban J connectivity index is 2.49. The Labute approximate surface area is 117 Å². The van der Waals surface area contributed by atoms with E-state index in [4.69, 9.17) is 11.6 Å². The Kier molecular flexibility index (Phi) is 7.38. The predicted molar refractivity (Wildman–Crippen MR) is 81.3 cm³/mol. The van der Waals surface area contributed by atoms with Gasteiger partial charge in [0, 0.05) is 11.1 Å². The number of rotatable bonds is 8. The Hall–Kier alpha value is -0.530. The molecule has 0 aliphatic heterocycles. The molecule has 1 aromatic carbocycles. The molecule has 2 heteroatoms. The van der Waals surface area contributed by atoms with Crippen LogP contribution in [0.25, 0.3) is 0 Å². The van der Waals surface area contributed by atoms with Crippen molar-refractivity contribution in [3.05, 3.63) is 34.9 Å². The third-order valence-electron chi connectivity index (χ3n) is 3.25. The Morgan fingerprint density at radius 2 is 1.89 bits per heavy atom. The van der Waals surface area contributed by atoms with E-state index in [1.807, 2.05) is 12.1 Å². The van der Waals surface area contributed by atoms with Gasteiger partial charge in [0.15, 0.2) is 0 Å². The van der Waals surface area contributed by atoms with Crippen molar-refractivity contribution in [2.75, 3.05) is 6.54 Å². The maximum Gasteiger partial charge on any atom is 0.0438 e. The van der Waals surface area contributed by atoms with Crippen LogP contribution in [0.1, 0.15) is 45.6 Å². The van der Waals surface area contributed by atoms with E-state index in [-0.39, 0.29) is 0 Å². The zero-order valence-electron chi connectivity index (χ0n) is 11.9. The first-order valence-electron chi connectivity index (χ1n) is 7.10. The summed E-state index contributed by atoms with van der Waals surface area (Å²) in [7, 11) is 0. The highest BCUT2D eigenvalue weighted by atomic mass is 35.5. The molecule has 1 aromatic rings. The van der Waals surface area contributed by atoms with Crippen molar-refractivity contribution in [3.8, 4) is 0 Å². The summed E-state index contributed by atoms with van der Waals surface area (Å²) in [6, 6.07) is 8.72. The van der Waals surface area contributed by atoms with Crippen molar-refractivity contribution in [2.45, 2.75) is 52.5 Å². The van der Waals surface area contributed by atoms with E-state index < -0.39 is 0 Å². The van der Waals surface area contributed by atoms with Crippen LogP contribution in [0.2, 0.25) is 5.02 Å². The normalized spacial score (nSPS) is 12.9. The fraction of sp³-hybridized carbons (Fsp3) is 0.625. The van der Waals surface area contributed by atoms with Gasteiger partial charge in [0.2, 0.25) is 0 Å². The van der Waals surface area contributed by atoms with Crippen molar-refractivity contribution >= 4 is 11.6 Å². The summed E-state index contributed by atoms with van der Waals surface area (Å²) in [5, 5.41) is 4.47. The van der Waals surface area contributed by atoms with Crippen LogP contribution in [-0.2, 0) is 6.42 Å². The van der Waals surface area contributed by atoms with Gasteiger partial charge in [-0.3, -0.25) is 0 Å². The fourth-order valence-corrected chi connectivity index (χ4v) is 2.48. The average Bonchev–Trinajstić information content (AvgIpc) is 2.32. The average molecular weight is 268 g/mol. The number of likely N-dealkylation sites (N-methyl/N-ethyl adjacent to an activating group) is 1. The van der Waals surface area contributed by atoms with Crippen LogP contribution in [0.5, 0.6) is 0 Å². The van der Waals surface area contributed by atoms with Crippen LogP contribution < -0.4 is 5.32 Å². The monoisotopic (exact) mass is 267 g/mol. The summed E-state index contributed by atoms with van der Waals surface area (Å²) in [6.45, 7) is 7.77. The minimum absolute atomic E-state index is 0.550. The second kappa shape index (κ2) is 8.55. The Morgan fingerprint density at radius 3 is 2.50 bits per heavy atom. The topological polar surface area (TPSA) is 12.0 Å². The van der Waals surface area contributed by atoms with Crippen LogP contribution in [0.3, 0.4) is 0 Å². The molecule has 0 fully saturated rings. The number of hydrogen-bond acceptors (Lipinski definition) is 1.